The normalized spacial score (nSPS) is 21.4. The van der Waals surface area contributed by atoms with Crippen LogP contribution in [0, 0.1) is 5.92 Å². The molecule has 16 heavy (non-hydrogen) atoms. The van der Waals surface area contributed by atoms with Gasteiger partial charge in [0.25, 0.3) is 0 Å². The van der Waals surface area contributed by atoms with Crippen LogP contribution in [0.2, 0.25) is 0 Å². The number of hydrogen-bond donors (Lipinski definition) is 2. The fourth-order valence-corrected chi connectivity index (χ4v) is 1.71. The standard InChI is InChI=1S/C8H18O.C5H10O2/c1-3-5-6-8(4-2)7-9;6-4-5-2-1-3-7-5/h8-9H,3-7H2,1-2H3;5-6H,1-4H2. The molecular formula is C13H28O3. The Morgan fingerprint density at radius 2 is 2.06 bits per heavy atom. The number of aliphatic hydroxyl groups excluding tert-OH is 2. The average molecular weight is 232 g/mol. The first-order valence-electron chi connectivity index (χ1n) is 6.61. The van der Waals surface area contributed by atoms with E-state index in [0.717, 1.165) is 25.9 Å². The van der Waals surface area contributed by atoms with E-state index >= 15 is 0 Å². The zero-order valence-electron chi connectivity index (χ0n) is 10.8. The molecule has 1 fully saturated rings. The van der Waals surface area contributed by atoms with E-state index in [1.165, 1.54) is 19.3 Å². The second kappa shape index (κ2) is 11.4. The largest absolute Gasteiger partial charge is 0.396 e. The molecule has 0 aromatic carbocycles. The lowest BCUT2D eigenvalue weighted by atomic mass is 10.0. The van der Waals surface area contributed by atoms with Gasteiger partial charge < -0.3 is 14.9 Å². The summed E-state index contributed by atoms with van der Waals surface area (Å²) in [6.07, 6.45) is 7.14. The summed E-state index contributed by atoms with van der Waals surface area (Å²) >= 11 is 0. The van der Waals surface area contributed by atoms with E-state index in [4.69, 9.17) is 14.9 Å². The lowest BCUT2D eigenvalue weighted by Crippen LogP contribution is -2.09. The van der Waals surface area contributed by atoms with Gasteiger partial charge in [0.05, 0.1) is 12.7 Å². The first kappa shape index (κ1) is 15.9. The minimum atomic E-state index is 0.153. The van der Waals surface area contributed by atoms with E-state index < -0.39 is 0 Å². The predicted molar refractivity (Wildman–Crippen MR) is 66.5 cm³/mol. The van der Waals surface area contributed by atoms with E-state index in [0.29, 0.717) is 12.5 Å². The number of ether oxygens (including phenoxy) is 1. The summed E-state index contributed by atoms with van der Waals surface area (Å²) in [7, 11) is 0. The molecule has 2 atom stereocenters. The quantitative estimate of drug-likeness (QED) is 0.739. The third-order valence-corrected chi connectivity index (χ3v) is 3.03. The fraction of sp³-hybridized carbons (Fsp3) is 1.00. The molecular weight excluding hydrogens is 204 g/mol. The Hall–Kier alpha value is -0.120. The molecule has 0 aliphatic carbocycles. The Bertz CT molecular complexity index is 129. The third kappa shape index (κ3) is 8.08. The zero-order valence-corrected chi connectivity index (χ0v) is 10.8. The first-order chi connectivity index (χ1) is 7.78. The van der Waals surface area contributed by atoms with Crippen molar-refractivity contribution in [1.82, 2.24) is 0 Å². The highest BCUT2D eigenvalue weighted by Crippen LogP contribution is 2.10. The average Bonchev–Trinajstić information content (AvgIpc) is 2.84. The van der Waals surface area contributed by atoms with Crippen LogP contribution in [-0.4, -0.2) is 36.1 Å². The van der Waals surface area contributed by atoms with E-state index in [9.17, 15) is 0 Å². The smallest absolute Gasteiger partial charge is 0.0806 e. The summed E-state index contributed by atoms with van der Waals surface area (Å²) < 4.78 is 5.05. The Labute approximate surface area is 99.8 Å². The second-order valence-corrected chi connectivity index (χ2v) is 4.42. The van der Waals surface area contributed by atoms with Crippen molar-refractivity contribution in [3.05, 3.63) is 0 Å². The number of rotatable bonds is 6. The van der Waals surface area contributed by atoms with Crippen LogP contribution in [0.15, 0.2) is 0 Å². The van der Waals surface area contributed by atoms with Gasteiger partial charge in [-0.25, -0.2) is 0 Å². The zero-order chi connectivity index (χ0) is 12.2. The van der Waals surface area contributed by atoms with Crippen LogP contribution in [-0.2, 0) is 4.74 Å². The maximum atomic E-state index is 8.75. The van der Waals surface area contributed by atoms with Crippen LogP contribution >= 0.6 is 0 Å². The fourth-order valence-electron chi connectivity index (χ4n) is 1.71. The van der Waals surface area contributed by atoms with Crippen LogP contribution in [0.25, 0.3) is 0 Å². The SMILES string of the molecule is CCCCC(CC)CO.OCC1CCCO1. The first-order valence-corrected chi connectivity index (χ1v) is 6.61. The van der Waals surface area contributed by atoms with Crippen LogP contribution in [0.5, 0.6) is 0 Å². The van der Waals surface area contributed by atoms with Crippen molar-refractivity contribution in [3.8, 4) is 0 Å². The van der Waals surface area contributed by atoms with Crippen molar-refractivity contribution in [3.63, 3.8) is 0 Å². The van der Waals surface area contributed by atoms with Gasteiger partial charge in [-0.2, -0.15) is 0 Å². The van der Waals surface area contributed by atoms with Crippen LogP contribution in [0.1, 0.15) is 52.4 Å². The molecule has 0 amide bonds. The highest BCUT2D eigenvalue weighted by molar-refractivity contribution is 4.61. The number of aliphatic hydroxyl groups is 2. The molecule has 0 saturated carbocycles. The van der Waals surface area contributed by atoms with Gasteiger partial charge >= 0.3 is 0 Å². The summed E-state index contributed by atoms with van der Waals surface area (Å²) in [5, 5.41) is 17.2. The topological polar surface area (TPSA) is 49.7 Å². The van der Waals surface area contributed by atoms with Gasteiger partial charge in [-0.1, -0.05) is 33.1 Å². The van der Waals surface area contributed by atoms with E-state index in [2.05, 4.69) is 13.8 Å². The van der Waals surface area contributed by atoms with Gasteiger partial charge in [-0.3, -0.25) is 0 Å². The molecule has 3 heteroatoms. The monoisotopic (exact) mass is 232 g/mol. The van der Waals surface area contributed by atoms with Crippen molar-refractivity contribution >= 4 is 0 Å². The molecule has 3 nitrogen and oxygen atoms in total. The lowest BCUT2D eigenvalue weighted by molar-refractivity contribution is 0.0591. The van der Waals surface area contributed by atoms with E-state index in [-0.39, 0.29) is 12.7 Å². The highest BCUT2D eigenvalue weighted by atomic mass is 16.5. The molecule has 0 aromatic heterocycles. The molecule has 2 N–H and O–H groups in total. The Balaban J connectivity index is 0.000000288. The van der Waals surface area contributed by atoms with E-state index in [1.54, 1.807) is 0 Å². The summed E-state index contributed by atoms with van der Waals surface area (Å²) in [5.74, 6) is 0.560. The minimum Gasteiger partial charge on any atom is -0.396 e. The van der Waals surface area contributed by atoms with Crippen molar-refractivity contribution in [2.45, 2.75) is 58.5 Å². The molecule has 1 aliphatic rings. The van der Waals surface area contributed by atoms with Gasteiger partial charge in [-0.15, -0.1) is 0 Å². The molecule has 0 aromatic rings. The summed E-state index contributed by atoms with van der Waals surface area (Å²) in [4.78, 5) is 0. The van der Waals surface area contributed by atoms with Gasteiger partial charge in [0, 0.05) is 13.2 Å². The maximum Gasteiger partial charge on any atom is 0.0806 e. The van der Waals surface area contributed by atoms with Crippen LogP contribution in [0.3, 0.4) is 0 Å². The summed E-state index contributed by atoms with van der Waals surface area (Å²) in [6, 6.07) is 0. The molecule has 0 spiro atoms. The summed E-state index contributed by atoms with van der Waals surface area (Å²) in [6.45, 7) is 5.72. The van der Waals surface area contributed by atoms with Gasteiger partial charge in [-0.05, 0) is 25.2 Å². The molecule has 1 rings (SSSR count). The van der Waals surface area contributed by atoms with Gasteiger partial charge in [0.2, 0.25) is 0 Å². The van der Waals surface area contributed by atoms with Crippen molar-refractivity contribution in [2.75, 3.05) is 19.8 Å². The second-order valence-electron chi connectivity index (χ2n) is 4.42. The molecule has 1 heterocycles. The Morgan fingerprint density at radius 1 is 1.31 bits per heavy atom. The summed E-state index contributed by atoms with van der Waals surface area (Å²) in [5.41, 5.74) is 0. The van der Waals surface area contributed by atoms with Crippen molar-refractivity contribution in [1.29, 1.82) is 0 Å². The maximum absolute atomic E-state index is 8.75. The predicted octanol–water partition coefficient (Wildman–Crippen LogP) is 2.35. The van der Waals surface area contributed by atoms with Crippen LogP contribution in [0.4, 0.5) is 0 Å². The number of unbranched alkanes of at least 4 members (excludes halogenated alkanes) is 1. The molecule has 1 aliphatic heterocycles. The van der Waals surface area contributed by atoms with Crippen LogP contribution < -0.4 is 0 Å². The van der Waals surface area contributed by atoms with Crippen molar-refractivity contribution < 1.29 is 14.9 Å². The Morgan fingerprint density at radius 3 is 2.38 bits per heavy atom. The number of hydrogen-bond acceptors (Lipinski definition) is 3. The highest BCUT2D eigenvalue weighted by Gasteiger charge is 2.12. The lowest BCUT2D eigenvalue weighted by Gasteiger charge is -2.08. The molecule has 2 unspecified atom stereocenters. The third-order valence-electron chi connectivity index (χ3n) is 3.03. The minimum absolute atomic E-state index is 0.153. The molecule has 0 radical (unpaired) electrons. The van der Waals surface area contributed by atoms with E-state index in [1.807, 2.05) is 0 Å². The molecule has 0 bridgehead atoms. The van der Waals surface area contributed by atoms with Crippen molar-refractivity contribution in [2.24, 2.45) is 5.92 Å². The molecule has 98 valence electrons. The Kier molecular flexibility index (Phi) is 11.3. The van der Waals surface area contributed by atoms with Gasteiger partial charge in [0.15, 0.2) is 0 Å². The van der Waals surface area contributed by atoms with Gasteiger partial charge in [0.1, 0.15) is 0 Å². The molecule has 1 saturated heterocycles.